The Morgan fingerprint density at radius 3 is 2.44 bits per heavy atom. The van der Waals surface area contributed by atoms with Crippen molar-refractivity contribution in [1.29, 1.82) is 0 Å². The summed E-state index contributed by atoms with van der Waals surface area (Å²) in [6, 6.07) is 15.7. The summed E-state index contributed by atoms with van der Waals surface area (Å²) in [5, 5.41) is 3.23. The number of rotatable bonds is 7. The van der Waals surface area contributed by atoms with E-state index in [9.17, 15) is 14.4 Å². The molecular weight excluding hydrogens is 404 g/mol. The first-order chi connectivity index (χ1) is 15.5. The van der Waals surface area contributed by atoms with Gasteiger partial charge < -0.3 is 20.9 Å². The smallest absolute Gasteiger partial charge is 0.253 e. The molecule has 4 rings (SSSR count). The van der Waals surface area contributed by atoms with Gasteiger partial charge >= 0.3 is 0 Å². The van der Waals surface area contributed by atoms with Crippen LogP contribution in [0.15, 0.2) is 48.5 Å². The van der Waals surface area contributed by atoms with Crippen molar-refractivity contribution >= 4 is 29.1 Å². The van der Waals surface area contributed by atoms with Crippen LogP contribution in [0.2, 0.25) is 0 Å². The van der Waals surface area contributed by atoms with E-state index in [0.29, 0.717) is 44.5 Å². The molecule has 168 valence electrons. The Bertz CT molecular complexity index is 981. The van der Waals surface area contributed by atoms with Gasteiger partial charge in [0.2, 0.25) is 11.8 Å². The molecule has 0 bridgehead atoms. The molecule has 1 saturated heterocycles. The molecule has 2 aliphatic heterocycles. The summed E-state index contributed by atoms with van der Waals surface area (Å²) < 4.78 is 0. The van der Waals surface area contributed by atoms with Crippen LogP contribution in [0.25, 0.3) is 0 Å². The third-order valence-corrected chi connectivity index (χ3v) is 6.31. The quantitative estimate of drug-likeness (QED) is 0.655. The van der Waals surface area contributed by atoms with E-state index < -0.39 is 0 Å². The normalized spacial score (nSPS) is 16.6. The van der Waals surface area contributed by atoms with Gasteiger partial charge in [0.05, 0.1) is 0 Å². The summed E-state index contributed by atoms with van der Waals surface area (Å²) in [7, 11) is 0. The Hall–Kier alpha value is -3.35. The van der Waals surface area contributed by atoms with E-state index >= 15 is 0 Å². The molecule has 0 saturated carbocycles. The van der Waals surface area contributed by atoms with Crippen LogP contribution in [-0.2, 0) is 16.0 Å². The largest absolute Gasteiger partial charge is 0.385 e. The lowest BCUT2D eigenvalue weighted by molar-refractivity contribution is -0.120. The maximum absolute atomic E-state index is 13.0. The Morgan fingerprint density at radius 2 is 1.72 bits per heavy atom. The second-order valence-electron chi connectivity index (χ2n) is 8.49. The zero-order valence-corrected chi connectivity index (χ0v) is 18.3. The first kappa shape index (κ1) is 21.9. The van der Waals surface area contributed by atoms with Crippen LogP contribution in [0.1, 0.15) is 48.0 Å². The van der Waals surface area contributed by atoms with Crippen molar-refractivity contribution in [2.24, 2.45) is 5.73 Å². The molecule has 1 fully saturated rings. The highest BCUT2D eigenvalue weighted by Crippen LogP contribution is 2.32. The Kier molecular flexibility index (Phi) is 6.73. The van der Waals surface area contributed by atoms with Crippen LogP contribution < -0.4 is 16.0 Å². The molecule has 0 radical (unpaired) electrons. The van der Waals surface area contributed by atoms with E-state index in [2.05, 4.69) is 11.4 Å². The lowest BCUT2D eigenvalue weighted by Crippen LogP contribution is -2.50. The Labute approximate surface area is 188 Å². The number of primary amides is 1. The van der Waals surface area contributed by atoms with Gasteiger partial charge in [0, 0.05) is 55.5 Å². The predicted octanol–water partition coefficient (Wildman–Crippen LogP) is 2.95. The van der Waals surface area contributed by atoms with Gasteiger partial charge in [-0.3, -0.25) is 14.4 Å². The predicted molar refractivity (Wildman–Crippen MR) is 125 cm³/mol. The van der Waals surface area contributed by atoms with Gasteiger partial charge in [0.25, 0.3) is 5.91 Å². The van der Waals surface area contributed by atoms with Crippen molar-refractivity contribution in [2.45, 2.75) is 44.6 Å². The van der Waals surface area contributed by atoms with Gasteiger partial charge in [-0.05, 0) is 61.6 Å². The summed E-state index contributed by atoms with van der Waals surface area (Å²) in [4.78, 5) is 40.3. The fraction of sp³-hybridized carbons (Fsp3) is 0.400. The fourth-order valence-corrected chi connectivity index (χ4v) is 4.59. The van der Waals surface area contributed by atoms with Crippen molar-refractivity contribution in [1.82, 2.24) is 4.90 Å². The summed E-state index contributed by atoms with van der Waals surface area (Å²) >= 11 is 0. The van der Waals surface area contributed by atoms with Crippen molar-refractivity contribution in [3.05, 3.63) is 59.7 Å². The summed E-state index contributed by atoms with van der Waals surface area (Å²) in [6.45, 7) is 1.94. The number of amides is 3. The van der Waals surface area contributed by atoms with Crippen LogP contribution in [0.4, 0.5) is 11.4 Å². The topological polar surface area (TPSA) is 95.7 Å². The highest BCUT2D eigenvalue weighted by Gasteiger charge is 2.33. The minimum absolute atomic E-state index is 0.0223. The number of nitrogens with zero attached hydrogens (tertiary/aromatic N) is 2. The molecule has 3 N–H and O–H groups in total. The summed E-state index contributed by atoms with van der Waals surface area (Å²) in [6.07, 6.45) is 3.96. The molecule has 2 heterocycles. The maximum atomic E-state index is 13.0. The summed E-state index contributed by atoms with van der Waals surface area (Å²) in [5.74, 6) is -0.0909. The molecule has 0 atom stereocenters. The Balaban J connectivity index is 1.32. The molecule has 2 aromatic rings. The van der Waals surface area contributed by atoms with Gasteiger partial charge in [-0.1, -0.05) is 18.2 Å². The zero-order chi connectivity index (χ0) is 22.5. The standard InChI is InChI=1S/C25H30N4O3/c26-23(30)6-3-15-27-20-10-7-19(8-11-20)25(32)28-16-13-21(14-17-28)29-22-5-2-1-4-18(22)9-12-24(29)31/h1-2,4-5,7-8,10-11,21,27H,3,6,9,12-17H2,(H2,26,30). The first-order valence-electron chi connectivity index (χ1n) is 11.3. The van der Waals surface area contributed by atoms with Crippen molar-refractivity contribution in [3.8, 4) is 0 Å². The number of benzene rings is 2. The van der Waals surface area contributed by atoms with Crippen molar-refractivity contribution in [2.75, 3.05) is 29.9 Å². The second-order valence-corrected chi connectivity index (χ2v) is 8.49. The number of para-hydroxylation sites is 1. The Morgan fingerprint density at radius 1 is 1.00 bits per heavy atom. The van der Waals surface area contributed by atoms with Crippen molar-refractivity contribution in [3.63, 3.8) is 0 Å². The number of nitrogens with two attached hydrogens (primary N) is 1. The van der Waals surface area contributed by atoms with E-state index in [-0.39, 0.29) is 23.8 Å². The molecule has 0 unspecified atom stereocenters. The average Bonchev–Trinajstić information content (AvgIpc) is 2.82. The van der Waals surface area contributed by atoms with E-state index in [1.165, 1.54) is 5.56 Å². The number of carbonyl (C=O) groups excluding carboxylic acids is 3. The lowest BCUT2D eigenvalue weighted by Gasteiger charge is -2.41. The third-order valence-electron chi connectivity index (χ3n) is 6.31. The minimum Gasteiger partial charge on any atom is -0.385 e. The molecule has 7 heteroatoms. The number of fused-ring (bicyclic) bond motifs is 1. The van der Waals surface area contributed by atoms with Gasteiger partial charge in [-0.25, -0.2) is 0 Å². The lowest BCUT2D eigenvalue weighted by atomic mass is 9.95. The molecule has 3 amide bonds. The number of piperidine rings is 1. The monoisotopic (exact) mass is 434 g/mol. The van der Waals surface area contributed by atoms with Crippen molar-refractivity contribution < 1.29 is 14.4 Å². The second kappa shape index (κ2) is 9.85. The highest BCUT2D eigenvalue weighted by atomic mass is 16.2. The number of likely N-dealkylation sites (tertiary alicyclic amines) is 1. The van der Waals surface area contributed by atoms with Gasteiger partial charge in [0.1, 0.15) is 0 Å². The fourth-order valence-electron chi connectivity index (χ4n) is 4.59. The number of hydrogen-bond donors (Lipinski definition) is 2. The summed E-state index contributed by atoms with van der Waals surface area (Å²) in [5.41, 5.74) is 8.98. The van der Waals surface area contributed by atoms with E-state index in [0.717, 1.165) is 30.6 Å². The molecular formula is C25H30N4O3. The molecule has 0 spiro atoms. The van der Waals surface area contributed by atoms with E-state index in [1.54, 1.807) is 0 Å². The van der Waals surface area contributed by atoms with Gasteiger partial charge in [-0.2, -0.15) is 0 Å². The van der Waals surface area contributed by atoms with Crippen LogP contribution in [0.3, 0.4) is 0 Å². The number of carbonyl (C=O) groups is 3. The molecule has 0 aliphatic carbocycles. The minimum atomic E-state index is -0.301. The molecule has 7 nitrogen and oxygen atoms in total. The van der Waals surface area contributed by atoms with Crippen LogP contribution >= 0.6 is 0 Å². The average molecular weight is 435 g/mol. The molecule has 2 aromatic carbocycles. The molecule has 0 aromatic heterocycles. The van der Waals surface area contributed by atoms with E-state index in [4.69, 9.17) is 5.73 Å². The number of anilines is 2. The molecule has 2 aliphatic rings. The highest BCUT2D eigenvalue weighted by molar-refractivity contribution is 5.97. The van der Waals surface area contributed by atoms with E-state index in [1.807, 2.05) is 52.3 Å². The third kappa shape index (κ3) is 4.93. The zero-order valence-electron chi connectivity index (χ0n) is 18.3. The number of aryl methyl sites for hydroxylation is 1. The van der Waals surface area contributed by atoms with Crippen LogP contribution in [0.5, 0.6) is 0 Å². The first-order valence-corrected chi connectivity index (χ1v) is 11.3. The van der Waals surface area contributed by atoms with Crippen LogP contribution in [-0.4, -0.2) is 48.3 Å². The number of hydrogen-bond acceptors (Lipinski definition) is 4. The van der Waals surface area contributed by atoms with Crippen LogP contribution in [0, 0.1) is 0 Å². The van der Waals surface area contributed by atoms with Gasteiger partial charge in [-0.15, -0.1) is 0 Å². The maximum Gasteiger partial charge on any atom is 0.253 e. The SMILES string of the molecule is NC(=O)CCCNc1ccc(C(=O)N2CCC(N3C(=O)CCc4ccccc43)CC2)cc1. The molecule has 32 heavy (non-hydrogen) atoms. The number of nitrogens with one attached hydrogen (secondary N) is 1. The van der Waals surface area contributed by atoms with Gasteiger partial charge in [0.15, 0.2) is 0 Å².